The summed E-state index contributed by atoms with van der Waals surface area (Å²) in [6.07, 6.45) is 2.01. The highest BCUT2D eigenvalue weighted by Crippen LogP contribution is 2.03. The summed E-state index contributed by atoms with van der Waals surface area (Å²) in [5.41, 5.74) is 7.23. The third-order valence-electron chi connectivity index (χ3n) is 2.03. The molecule has 1 heterocycles. The average Bonchev–Trinajstić information content (AvgIpc) is 2.47. The molecule has 0 radical (unpaired) electrons. The lowest BCUT2D eigenvalue weighted by Crippen LogP contribution is -2.45. The first kappa shape index (κ1) is 11.7. The Morgan fingerprint density at radius 3 is 2.80 bits per heavy atom. The number of aryl methyl sites for hydroxylation is 1. The molecule has 1 rings (SSSR count). The van der Waals surface area contributed by atoms with E-state index in [0.717, 1.165) is 11.3 Å². The largest absolute Gasteiger partial charge is 0.354 e. The molecule has 0 atom stereocenters. The van der Waals surface area contributed by atoms with Crippen LogP contribution in [-0.2, 0) is 11.2 Å². The number of hydrogen-bond acceptors (Lipinski definition) is 3. The minimum atomic E-state index is -0.374. The van der Waals surface area contributed by atoms with Gasteiger partial charge >= 0.3 is 0 Å². The van der Waals surface area contributed by atoms with Gasteiger partial charge in [0.05, 0.1) is 12.6 Å². The minimum absolute atomic E-state index is 0.0296. The van der Waals surface area contributed by atoms with Crippen molar-refractivity contribution in [2.45, 2.75) is 32.7 Å². The third-order valence-corrected chi connectivity index (χ3v) is 2.03. The molecule has 0 aliphatic heterocycles. The zero-order valence-electron chi connectivity index (χ0n) is 9.42. The van der Waals surface area contributed by atoms with Crippen molar-refractivity contribution >= 4 is 5.91 Å². The van der Waals surface area contributed by atoms with Crippen molar-refractivity contribution in [2.75, 3.05) is 6.54 Å². The van der Waals surface area contributed by atoms with Crippen LogP contribution in [0.1, 0.15) is 25.1 Å². The summed E-state index contributed by atoms with van der Waals surface area (Å²) in [6, 6.07) is 0. The van der Waals surface area contributed by atoms with Crippen molar-refractivity contribution in [1.29, 1.82) is 0 Å². The van der Waals surface area contributed by atoms with Crippen LogP contribution in [0.4, 0.5) is 0 Å². The second-order valence-electron chi connectivity index (χ2n) is 4.46. The summed E-state index contributed by atoms with van der Waals surface area (Å²) in [6.45, 7) is 6.11. The monoisotopic (exact) mass is 210 g/mol. The van der Waals surface area contributed by atoms with Crippen LogP contribution in [0, 0.1) is 6.92 Å². The van der Waals surface area contributed by atoms with E-state index in [1.165, 1.54) is 0 Å². The van der Waals surface area contributed by atoms with Crippen LogP contribution in [0.15, 0.2) is 6.20 Å². The molecule has 84 valence electrons. The Kier molecular flexibility index (Phi) is 3.47. The lowest BCUT2D eigenvalue weighted by Gasteiger charge is -2.18. The molecule has 0 saturated heterocycles. The number of rotatable bonds is 4. The van der Waals surface area contributed by atoms with Gasteiger partial charge in [-0.3, -0.25) is 9.89 Å². The Morgan fingerprint density at radius 1 is 1.67 bits per heavy atom. The Morgan fingerprint density at radius 2 is 2.33 bits per heavy atom. The summed E-state index contributed by atoms with van der Waals surface area (Å²) in [5.74, 6) is -0.0296. The number of aromatic nitrogens is 2. The maximum Gasteiger partial charge on any atom is 0.224 e. The lowest BCUT2D eigenvalue weighted by molar-refractivity contribution is -0.120. The third kappa shape index (κ3) is 4.12. The number of amides is 1. The molecule has 1 aromatic heterocycles. The van der Waals surface area contributed by atoms with Gasteiger partial charge in [-0.2, -0.15) is 5.10 Å². The van der Waals surface area contributed by atoms with Crippen LogP contribution in [0.3, 0.4) is 0 Å². The second kappa shape index (κ2) is 4.44. The summed E-state index contributed by atoms with van der Waals surface area (Å²) < 4.78 is 0. The molecule has 0 fully saturated rings. The molecule has 0 unspecified atom stereocenters. The van der Waals surface area contributed by atoms with Crippen molar-refractivity contribution in [3.8, 4) is 0 Å². The number of aromatic amines is 1. The highest BCUT2D eigenvalue weighted by molar-refractivity contribution is 5.78. The van der Waals surface area contributed by atoms with Gasteiger partial charge < -0.3 is 11.1 Å². The Hall–Kier alpha value is -1.36. The van der Waals surface area contributed by atoms with Crippen LogP contribution in [0.5, 0.6) is 0 Å². The topological polar surface area (TPSA) is 83.8 Å². The number of nitrogens with one attached hydrogen (secondary N) is 2. The Labute approximate surface area is 89.4 Å². The first-order valence-corrected chi connectivity index (χ1v) is 4.93. The van der Waals surface area contributed by atoms with E-state index in [0.29, 0.717) is 13.0 Å². The normalized spacial score (nSPS) is 11.5. The zero-order chi connectivity index (χ0) is 11.5. The van der Waals surface area contributed by atoms with E-state index >= 15 is 0 Å². The van der Waals surface area contributed by atoms with Gasteiger partial charge in [0.15, 0.2) is 0 Å². The van der Waals surface area contributed by atoms with Crippen LogP contribution in [0.25, 0.3) is 0 Å². The highest BCUT2D eigenvalue weighted by Gasteiger charge is 2.13. The smallest absolute Gasteiger partial charge is 0.224 e. The second-order valence-corrected chi connectivity index (χ2v) is 4.46. The molecular formula is C10H18N4O. The summed E-state index contributed by atoms with van der Waals surface area (Å²) in [5, 5.41) is 9.43. The number of carbonyl (C=O) groups excluding carboxylic acids is 1. The SMILES string of the molecule is Cc1[nH]ncc1CC(=O)NCC(C)(C)N. The van der Waals surface area contributed by atoms with Gasteiger partial charge in [-0.05, 0) is 20.8 Å². The maximum absolute atomic E-state index is 11.5. The standard InChI is InChI=1S/C10H18N4O/c1-7-8(5-13-14-7)4-9(15)12-6-10(2,3)11/h5H,4,6,11H2,1-3H3,(H,12,15)(H,13,14). The van der Waals surface area contributed by atoms with Crippen molar-refractivity contribution < 1.29 is 4.79 Å². The quantitative estimate of drug-likeness (QED) is 0.659. The van der Waals surface area contributed by atoms with E-state index in [4.69, 9.17) is 5.73 Å². The van der Waals surface area contributed by atoms with Crippen LogP contribution < -0.4 is 11.1 Å². The molecule has 4 N–H and O–H groups in total. The van der Waals surface area contributed by atoms with E-state index in [9.17, 15) is 4.79 Å². The molecule has 0 spiro atoms. The van der Waals surface area contributed by atoms with E-state index in [2.05, 4.69) is 15.5 Å². The summed E-state index contributed by atoms with van der Waals surface area (Å²) >= 11 is 0. The van der Waals surface area contributed by atoms with Gasteiger partial charge in [0.2, 0.25) is 5.91 Å². The Balaban J connectivity index is 2.41. The van der Waals surface area contributed by atoms with Crippen molar-refractivity contribution in [3.05, 3.63) is 17.5 Å². The fourth-order valence-electron chi connectivity index (χ4n) is 1.12. The number of nitrogens with zero attached hydrogens (tertiary/aromatic N) is 1. The lowest BCUT2D eigenvalue weighted by atomic mass is 10.1. The van der Waals surface area contributed by atoms with Gasteiger partial charge in [-0.25, -0.2) is 0 Å². The van der Waals surface area contributed by atoms with Gasteiger partial charge in [0.1, 0.15) is 0 Å². The van der Waals surface area contributed by atoms with Gasteiger partial charge in [-0.15, -0.1) is 0 Å². The molecule has 0 aromatic carbocycles. The number of H-pyrrole nitrogens is 1. The van der Waals surface area contributed by atoms with E-state index in [1.54, 1.807) is 6.20 Å². The van der Waals surface area contributed by atoms with Gasteiger partial charge in [0.25, 0.3) is 0 Å². The predicted molar refractivity (Wildman–Crippen MR) is 58.3 cm³/mol. The van der Waals surface area contributed by atoms with Crippen molar-refractivity contribution in [2.24, 2.45) is 5.73 Å². The van der Waals surface area contributed by atoms with Crippen molar-refractivity contribution in [3.63, 3.8) is 0 Å². The van der Waals surface area contributed by atoms with Gasteiger partial charge in [-0.1, -0.05) is 0 Å². The molecule has 5 heteroatoms. The highest BCUT2D eigenvalue weighted by atomic mass is 16.1. The summed E-state index contributed by atoms with van der Waals surface area (Å²) in [7, 11) is 0. The fourth-order valence-corrected chi connectivity index (χ4v) is 1.12. The molecular weight excluding hydrogens is 192 g/mol. The van der Waals surface area contributed by atoms with Gasteiger partial charge in [0, 0.05) is 23.3 Å². The van der Waals surface area contributed by atoms with Crippen LogP contribution in [-0.4, -0.2) is 28.2 Å². The fraction of sp³-hybridized carbons (Fsp3) is 0.600. The predicted octanol–water partition coefficient (Wildman–Crippen LogP) is 0.114. The molecule has 0 bridgehead atoms. The molecule has 5 nitrogen and oxygen atoms in total. The first-order valence-electron chi connectivity index (χ1n) is 4.93. The molecule has 1 aromatic rings. The number of carbonyl (C=O) groups is 1. The zero-order valence-corrected chi connectivity index (χ0v) is 9.42. The minimum Gasteiger partial charge on any atom is -0.354 e. The average molecular weight is 210 g/mol. The molecule has 15 heavy (non-hydrogen) atoms. The van der Waals surface area contributed by atoms with E-state index < -0.39 is 0 Å². The molecule has 0 saturated carbocycles. The number of nitrogens with two attached hydrogens (primary N) is 1. The Bertz CT molecular complexity index is 337. The molecule has 0 aliphatic rings. The van der Waals surface area contributed by atoms with Crippen LogP contribution in [0.2, 0.25) is 0 Å². The maximum atomic E-state index is 11.5. The van der Waals surface area contributed by atoms with E-state index in [1.807, 2.05) is 20.8 Å². The van der Waals surface area contributed by atoms with E-state index in [-0.39, 0.29) is 11.4 Å². The van der Waals surface area contributed by atoms with Crippen molar-refractivity contribution in [1.82, 2.24) is 15.5 Å². The first-order chi connectivity index (χ1) is 6.88. The summed E-state index contributed by atoms with van der Waals surface area (Å²) in [4.78, 5) is 11.5. The molecule has 1 amide bonds. The van der Waals surface area contributed by atoms with Crippen LogP contribution >= 0.6 is 0 Å². The number of hydrogen-bond donors (Lipinski definition) is 3. The molecule has 0 aliphatic carbocycles.